The number of nitrogens with zero attached hydrogens (tertiary/aromatic N) is 3. The first-order valence-electron chi connectivity index (χ1n) is 8.01. The van der Waals surface area contributed by atoms with Crippen LogP contribution in [0.4, 0.5) is 18.9 Å². The lowest BCUT2D eigenvalue weighted by molar-refractivity contribution is -0.141. The van der Waals surface area contributed by atoms with Crippen molar-refractivity contribution in [3.05, 3.63) is 24.0 Å². The van der Waals surface area contributed by atoms with Crippen LogP contribution in [-0.4, -0.2) is 54.3 Å². The molecule has 0 atom stereocenters. The second-order valence-corrected chi connectivity index (χ2v) is 6.13. The van der Waals surface area contributed by atoms with Crippen LogP contribution in [0, 0.1) is 0 Å². The number of hydrogen-bond acceptors (Lipinski definition) is 4. The van der Waals surface area contributed by atoms with E-state index in [9.17, 15) is 13.2 Å². The smallest absolute Gasteiger partial charge is 0.393 e. The standard InChI is InChI=1S/C10H11F3N2.C6H13NO/c11-10(12,13)9-4-3-8(7-14-9)15-5-1-2-6-15;1-7-4-2-6(8)3-5-7/h3-4,7H,1-2,5-6H2;6,8H,2-5H2,1H3. The second kappa shape index (κ2) is 7.97. The van der Waals surface area contributed by atoms with Crippen LogP contribution in [-0.2, 0) is 6.18 Å². The molecule has 130 valence electrons. The number of alkyl halides is 3. The Morgan fingerprint density at radius 3 is 2.13 bits per heavy atom. The number of likely N-dealkylation sites (tertiary alicyclic amines) is 1. The third-order valence-corrected chi connectivity index (χ3v) is 4.20. The Morgan fingerprint density at radius 2 is 1.70 bits per heavy atom. The molecule has 0 radical (unpaired) electrons. The van der Waals surface area contributed by atoms with Crippen LogP contribution in [0.3, 0.4) is 0 Å². The number of anilines is 1. The summed E-state index contributed by atoms with van der Waals surface area (Å²) in [5.41, 5.74) is -0.0500. The predicted octanol–water partition coefficient (Wildman–Crippen LogP) is 2.77. The Kier molecular flexibility index (Phi) is 6.24. The van der Waals surface area contributed by atoms with Gasteiger partial charge in [0.25, 0.3) is 0 Å². The first-order chi connectivity index (χ1) is 10.9. The third kappa shape index (κ3) is 5.66. The summed E-state index contributed by atoms with van der Waals surface area (Å²) < 4.78 is 36.7. The summed E-state index contributed by atoms with van der Waals surface area (Å²) in [7, 11) is 2.09. The lowest BCUT2D eigenvalue weighted by Gasteiger charge is -2.25. The van der Waals surface area contributed by atoms with Crippen molar-refractivity contribution >= 4 is 5.69 Å². The maximum absolute atomic E-state index is 12.2. The molecule has 3 rings (SSSR count). The van der Waals surface area contributed by atoms with Crippen LogP contribution < -0.4 is 4.90 Å². The Balaban J connectivity index is 0.000000203. The molecule has 1 aromatic heterocycles. The normalized spacial score (nSPS) is 20.3. The molecule has 0 unspecified atom stereocenters. The van der Waals surface area contributed by atoms with E-state index in [-0.39, 0.29) is 6.10 Å². The summed E-state index contributed by atoms with van der Waals surface area (Å²) in [5, 5.41) is 9.00. The van der Waals surface area contributed by atoms with Gasteiger partial charge in [0.1, 0.15) is 5.69 Å². The number of pyridine rings is 1. The molecule has 1 aromatic rings. The zero-order valence-electron chi connectivity index (χ0n) is 13.4. The highest BCUT2D eigenvalue weighted by Crippen LogP contribution is 2.29. The summed E-state index contributed by atoms with van der Waals surface area (Å²) in [5.74, 6) is 0. The summed E-state index contributed by atoms with van der Waals surface area (Å²) in [4.78, 5) is 7.72. The van der Waals surface area contributed by atoms with E-state index < -0.39 is 11.9 Å². The van der Waals surface area contributed by atoms with E-state index >= 15 is 0 Å². The molecule has 2 aliphatic rings. The average molecular weight is 331 g/mol. The summed E-state index contributed by atoms with van der Waals surface area (Å²) >= 11 is 0. The van der Waals surface area contributed by atoms with Gasteiger partial charge in [-0.25, -0.2) is 4.98 Å². The number of aliphatic hydroxyl groups is 1. The van der Waals surface area contributed by atoms with Gasteiger partial charge in [-0.05, 0) is 44.9 Å². The number of hydrogen-bond donors (Lipinski definition) is 1. The lowest BCUT2D eigenvalue weighted by Crippen LogP contribution is -2.32. The molecule has 3 heterocycles. The number of aliphatic hydroxyl groups excluding tert-OH is 1. The van der Waals surface area contributed by atoms with E-state index in [0.717, 1.165) is 63.6 Å². The number of aromatic nitrogens is 1. The molecule has 0 amide bonds. The van der Waals surface area contributed by atoms with Gasteiger partial charge in [0, 0.05) is 26.2 Å². The summed E-state index contributed by atoms with van der Waals surface area (Å²) in [6, 6.07) is 2.52. The van der Waals surface area contributed by atoms with E-state index in [1.807, 2.05) is 4.90 Å². The topological polar surface area (TPSA) is 39.6 Å². The zero-order valence-corrected chi connectivity index (χ0v) is 13.4. The molecule has 4 nitrogen and oxygen atoms in total. The van der Waals surface area contributed by atoms with Gasteiger partial charge in [0.05, 0.1) is 18.0 Å². The third-order valence-electron chi connectivity index (χ3n) is 4.20. The fourth-order valence-electron chi connectivity index (χ4n) is 2.71. The van der Waals surface area contributed by atoms with Crippen LogP contribution in [0.2, 0.25) is 0 Å². The van der Waals surface area contributed by atoms with E-state index in [0.29, 0.717) is 0 Å². The molecule has 23 heavy (non-hydrogen) atoms. The second-order valence-electron chi connectivity index (χ2n) is 6.13. The fourth-order valence-corrected chi connectivity index (χ4v) is 2.71. The van der Waals surface area contributed by atoms with Crippen molar-refractivity contribution in [1.82, 2.24) is 9.88 Å². The summed E-state index contributed by atoms with van der Waals surface area (Å²) in [6.07, 6.45) is 1.04. The molecular formula is C16H24F3N3O. The van der Waals surface area contributed by atoms with Crippen LogP contribution in [0.25, 0.3) is 0 Å². The van der Waals surface area contributed by atoms with E-state index in [1.165, 1.54) is 12.3 Å². The minimum atomic E-state index is -4.34. The molecule has 0 aromatic carbocycles. The molecule has 0 aliphatic carbocycles. The SMILES string of the molecule is CN1CCC(O)CC1.FC(F)(F)c1ccc(N2CCCC2)cn1. The Labute approximate surface area is 134 Å². The first-order valence-corrected chi connectivity index (χ1v) is 8.01. The minimum Gasteiger partial charge on any atom is -0.393 e. The first kappa shape index (κ1) is 18.0. The molecule has 0 spiro atoms. The molecule has 0 bridgehead atoms. The molecule has 2 fully saturated rings. The Morgan fingerprint density at radius 1 is 1.09 bits per heavy atom. The van der Waals surface area contributed by atoms with Gasteiger partial charge < -0.3 is 14.9 Å². The van der Waals surface area contributed by atoms with Crippen molar-refractivity contribution in [3.8, 4) is 0 Å². The predicted molar refractivity (Wildman–Crippen MR) is 83.4 cm³/mol. The summed E-state index contributed by atoms with van der Waals surface area (Å²) in [6.45, 7) is 3.93. The Hall–Kier alpha value is -1.34. The molecule has 2 saturated heterocycles. The van der Waals surface area contributed by atoms with Crippen LogP contribution in [0.15, 0.2) is 18.3 Å². The van der Waals surface area contributed by atoms with Crippen LogP contribution in [0.1, 0.15) is 31.4 Å². The van der Waals surface area contributed by atoms with E-state index in [4.69, 9.17) is 5.11 Å². The number of rotatable bonds is 1. The molecular weight excluding hydrogens is 307 g/mol. The van der Waals surface area contributed by atoms with Crippen molar-refractivity contribution < 1.29 is 18.3 Å². The fraction of sp³-hybridized carbons (Fsp3) is 0.688. The highest BCUT2D eigenvalue weighted by Gasteiger charge is 2.32. The average Bonchev–Trinajstić information content (AvgIpc) is 3.05. The van der Waals surface area contributed by atoms with Gasteiger partial charge in [-0.15, -0.1) is 0 Å². The zero-order chi connectivity index (χ0) is 16.9. The quantitative estimate of drug-likeness (QED) is 0.859. The molecule has 2 aliphatic heterocycles. The Bertz CT molecular complexity index is 454. The largest absolute Gasteiger partial charge is 0.433 e. The maximum Gasteiger partial charge on any atom is 0.433 e. The number of piperidine rings is 1. The maximum atomic E-state index is 12.2. The molecule has 0 saturated carbocycles. The van der Waals surface area contributed by atoms with E-state index in [2.05, 4.69) is 16.9 Å². The minimum absolute atomic E-state index is 0.0220. The van der Waals surface area contributed by atoms with Gasteiger partial charge in [-0.2, -0.15) is 13.2 Å². The van der Waals surface area contributed by atoms with Gasteiger partial charge in [0.2, 0.25) is 0 Å². The van der Waals surface area contributed by atoms with Crippen molar-refractivity contribution in [3.63, 3.8) is 0 Å². The van der Waals surface area contributed by atoms with Gasteiger partial charge in [-0.1, -0.05) is 0 Å². The van der Waals surface area contributed by atoms with Crippen molar-refractivity contribution in [2.24, 2.45) is 0 Å². The number of halogens is 3. The lowest BCUT2D eigenvalue weighted by atomic mass is 10.1. The van der Waals surface area contributed by atoms with Crippen LogP contribution >= 0.6 is 0 Å². The molecule has 1 N–H and O–H groups in total. The van der Waals surface area contributed by atoms with Crippen molar-refractivity contribution in [1.29, 1.82) is 0 Å². The van der Waals surface area contributed by atoms with Crippen LogP contribution in [0.5, 0.6) is 0 Å². The molecule has 7 heteroatoms. The van der Waals surface area contributed by atoms with Crippen molar-refractivity contribution in [2.45, 2.75) is 38.0 Å². The van der Waals surface area contributed by atoms with Gasteiger partial charge in [0.15, 0.2) is 0 Å². The van der Waals surface area contributed by atoms with Gasteiger partial charge >= 0.3 is 6.18 Å². The van der Waals surface area contributed by atoms with Gasteiger partial charge in [-0.3, -0.25) is 0 Å². The highest BCUT2D eigenvalue weighted by atomic mass is 19.4. The van der Waals surface area contributed by atoms with E-state index in [1.54, 1.807) is 0 Å². The highest BCUT2D eigenvalue weighted by molar-refractivity contribution is 5.45. The monoisotopic (exact) mass is 331 g/mol. The van der Waals surface area contributed by atoms with Crippen molar-refractivity contribution in [2.75, 3.05) is 38.1 Å².